The summed E-state index contributed by atoms with van der Waals surface area (Å²) in [7, 11) is 0. The zero-order valence-corrected chi connectivity index (χ0v) is 8.87. The van der Waals surface area contributed by atoms with Crippen LogP contribution in [0.2, 0.25) is 0 Å². The van der Waals surface area contributed by atoms with Crippen molar-refractivity contribution in [2.24, 2.45) is 0 Å². The molecule has 0 saturated carbocycles. The van der Waals surface area contributed by atoms with Crippen molar-refractivity contribution in [3.05, 3.63) is 16.6 Å². The number of hydrogen-bond donors (Lipinski definition) is 0. The molecule has 0 atom stereocenters. The van der Waals surface area contributed by atoms with Gasteiger partial charge in [0, 0.05) is 4.47 Å². The van der Waals surface area contributed by atoms with Crippen LogP contribution in [0.25, 0.3) is 0 Å². The van der Waals surface area contributed by atoms with E-state index < -0.39 is 0 Å². The van der Waals surface area contributed by atoms with Crippen LogP contribution in [0.4, 0.5) is 0 Å². The summed E-state index contributed by atoms with van der Waals surface area (Å²) in [6.45, 7) is 0.333. The molecule has 2 nitrogen and oxygen atoms in total. The first-order chi connectivity index (χ1) is 5.83. The Morgan fingerprint density at radius 1 is 1.42 bits per heavy atom. The van der Waals surface area contributed by atoms with Crippen LogP contribution in [0.1, 0.15) is 0 Å². The molecular weight excluding hydrogens is 240 g/mol. The zero-order chi connectivity index (χ0) is 8.55. The van der Waals surface area contributed by atoms with E-state index in [1.54, 1.807) is 11.8 Å². The summed E-state index contributed by atoms with van der Waals surface area (Å²) in [6.07, 6.45) is 2.02. The molecule has 0 aromatic heterocycles. The Labute approximate surface area is 83.4 Å². The third-order valence-corrected chi connectivity index (χ3v) is 3.39. The molecule has 0 N–H and O–H groups in total. The lowest BCUT2D eigenvalue weighted by molar-refractivity contribution is 0.172. The molecule has 4 heteroatoms. The van der Waals surface area contributed by atoms with Crippen LogP contribution in [0.5, 0.6) is 11.5 Å². The van der Waals surface area contributed by atoms with Crippen molar-refractivity contribution in [1.82, 2.24) is 0 Å². The van der Waals surface area contributed by atoms with E-state index in [0.29, 0.717) is 6.79 Å². The number of hydrogen-bond acceptors (Lipinski definition) is 3. The molecule has 0 bridgehead atoms. The van der Waals surface area contributed by atoms with E-state index in [-0.39, 0.29) is 0 Å². The fraction of sp³-hybridized carbons (Fsp3) is 0.250. The van der Waals surface area contributed by atoms with E-state index in [0.717, 1.165) is 20.9 Å². The first-order valence-corrected chi connectivity index (χ1v) is 5.47. The Kier molecular flexibility index (Phi) is 2.19. The van der Waals surface area contributed by atoms with Gasteiger partial charge in [0.05, 0.1) is 4.90 Å². The first kappa shape index (κ1) is 8.26. The fourth-order valence-corrected chi connectivity index (χ4v) is 2.52. The highest BCUT2D eigenvalue weighted by molar-refractivity contribution is 9.10. The predicted molar refractivity (Wildman–Crippen MR) is 52.0 cm³/mol. The van der Waals surface area contributed by atoms with Crippen LogP contribution in [0, 0.1) is 0 Å². The van der Waals surface area contributed by atoms with Crippen molar-refractivity contribution < 1.29 is 9.47 Å². The third-order valence-electron chi connectivity index (χ3n) is 1.65. The van der Waals surface area contributed by atoms with Crippen molar-refractivity contribution in [3.63, 3.8) is 0 Å². The highest BCUT2D eigenvalue weighted by Crippen LogP contribution is 2.44. The molecule has 0 unspecified atom stereocenters. The summed E-state index contributed by atoms with van der Waals surface area (Å²) in [5, 5.41) is 0. The van der Waals surface area contributed by atoms with Crippen molar-refractivity contribution in [2.45, 2.75) is 4.90 Å². The molecule has 0 spiro atoms. The number of halogens is 1. The summed E-state index contributed by atoms with van der Waals surface area (Å²) in [5.41, 5.74) is 0. The molecule has 1 heterocycles. The van der Waals surface area contributed by atoms with Crippen molar-refractivity contribution in [3.8, 4) is 11.5 Å². The average Bonchev–Trinajstić information content (AvgIpc) is 2.52. The number of thioether (sulfide) groups is 1. The van der Waals surface area contributed by atoms with Gasteiger partial charge in [0.25, 0.3) is 0 Å². The van der Waals surface area contributed by atoms with E-state index in [4.69, 9.17) is 9.47 Å². The van der Waals surface area contributed by atoms with E-state index in [1.807, 2.05) is 18.4 Å². The average molecular weight is 247 g/mol. The van der Waals surface area contributed by atoms with Gasteiger partial charge in [-0.1, -0.05) is 0 Å². The van der Waals surface area contributed by atoms with Gasteiger partial charge >= 0.3 is 0 Å². The lowest BCUT2D eigenvalue weighted by atomic mass is 10.3. The summed E-state index contributed by atoms with van der Waals surface area (Å²) in [6, 6.07) is 3.88. The molecule has 0 amide bonds. The third kappa shape index (κ3) is 1.19. The Morgan fingerprint density at radius 2 is 2.25 bits per heavy atom. The minimum Gasteiger partial charge on any atom is -0.454 e. The van der Waals surface area contributed by atoms with E-state index in [1.165, 1.54) is 0 Å². The normalized spacial score (nSPS) is 13.5. The molecule has 1 aliphatic heterocycles. The molecule has 64 valence electrons. The van der Waals surface area contributed by atoms with E-state index in [2.05, 4.69) is 15.9 Å². The maximum Gasteiger partial charge on any atom is 0.231 e. The molecule has 1 aromatic carbocycles. The number of benzene rings is 1. The smallest absolute Gasteiger partial charge is 0.231 e. The SMILES string of the molecule is CSc1c(Br)ccc2c1OCO2. The van der Waals surface area contributed by atoms with Crippen LogP contribution in [-0.4, -0.2) is 13.0 Å². The quantitative estimate of drug-likeness (QED) is 0.711. The van der Waals surface area contributed by atoms with Crippen molar-refractivity contribution in [1.29, 1.82) is 0 Å². The molecule has 0 aliphatic carbocycles. The maximum absolute atomic E-state index is 5.33. The number of ether oxygens (including phenoxy) is 2. The topological polar surface area (TPSA) is 18.5 Å². The summed E-state index contributed by atoms with van der Waals surface area (Å²) in [4.78, 5) is 1.10. The van der Waals surface area contributed by atoms with E-state index >= 15 is 0 Å². The van der Waals surface area contributed by atoms with Crippen molar-refractivity contribution in [2.75, 3.05) is 13.0 Å². The molecule has 0 saturated heterocycles. The summed E-state index contributed by atoms with van der Waals surface area (Å²) < 4.78 is 11.6. The van der Waals surface area contributed by atoms with Crippen LogP contribution < -0.4 is 9.47 Å². The largest absolute Gasteiger partial charge is 0.454 e. The van der Waals surface area contributed by atoms with Gasteiger partial charge in [0.15, 0.2) is 11.5 Å². The second-order valence-electron chi connectivity index (χ2n) is 2.31. The minimum absolute atomic E-state index is 0.333. The Morgan fingerprint density at radius 3 is 3.00 bits per heavy atom. The van der Waals surface area contributed by atoms with Crippen LogP contribution in [0.15, 0.2) is 21.5 Å². The van der Waals surface area contributed by atoms with E-state index in [9.17, 15) is 0 Å². The van der Waals surface area contributed by atoms with Gasteiger partial charge in [-0.25, -0.2) is 0 Å². The van der Waals surface area contributed by atoms with Gasteiger partial charge in [-0.2, -0.15) is 0 Å². The van der Waals surface area contributed by atoms with Crippen LogP contribution >= 0.6 is 27.7 Å². The predicted octanol–water partition coefficient (Wildman–Crippen LogP) is 2.90. The molecule has 0 radical (unpaired) electrons. The fourth-order valence-electron chi connectivity index (χ4n) is 1.11. The lowest BCUT2D eigenvalue weighted by Crippen LogP contribution is -1.93. The van der Waals surface area contributed by atoms with Gasteiger partial charge in [0.2, 0.25) is 6.79 Å². The minimum atomic E-state index is 0.333. The van der Waals surface area contributed by atoms with Gasteiger partial charge in [-0.05, 0) is 34.3 Å². The zero-order valence-electron chi connectivity index (χ0n) is 6.46. The van der Waals surface area contributed by atoms with Gasteiger partial charge < -0.3 is 9.47 Å². The standard InChI is InChI=1S/C8H7BrO2S/c1-12-8-5(9)2-3-6-7(8)11-4-10-6/h2-3H,4H2,1H3. The first-order valence-electron chi connectivity index (χ1n) is 3.45. The number of fused-ring (bicyclic) bond motifs is 1. The van der Waals surface area contributed by atoms with Gasteiger partial charge in [0.1, 0.15) is 0 Å². The highest BCUT2D eigenvalue weighted by atomic mass is 79.9. The highest BCUT2D eigenvalue weighted by Gasteiger charge is 2.18. The second kappa shape index (κ2) is 3.18. The van der Waals surface area contributed by atoms with Gasteiger partial charge in [-0.15, -0.1) is 11.8 Å². The molecule has 0 fully saturated rings. The monoisotopic (exact) mass is 246 g/mol. The van der Waals surface area contributed by atoms with Crippen LogP contribution in [-0.2, 0) is 0 Å². The molecule has 2 rings (SSSR count). The molecule has 12 heavy (non-hydrogen) atoms. The van der Waals surface area contributed by atoms with Crippen LogP contribution in [0.3, 0.4) is 0 Å². The summed E-state index contributed by atoms with van der Waals surface area (Å²) >= 11 is 5.10. The summed E-state index contributed by atoms with van der Waals surface area (Å²) in [5.74, 6) is 1.69. The van der Waals surface area contributed by atoms with Gasteiger partial charge in [-0.3, -0.25) is 0 Å². The maximum atomic E-state index is 5.33. The molecule has 1 aromatic rings. The molecular formula is C8H7BrO2S. The number of rotatable bonds is 1. The Bertz CT molecular complexity index is 314. The Hall–Kier alpha value is -0.350. The van der Waals surface area contributed by atoms with Crippen molar-refractivity contribution >= 4 is 27.7 Å². The lowest BCUT2D eigenvalue weighted by Gasteiger charge is -2.03. The Balaban J connectivity index is 2.57. The molecule has 1 aliphatic rings. The second-order valence-corrected chi connectivity index (χ2v) is 3.99.